The number of hydrogen-bond acceptors (Lipinski definition) is 3. The fourth-order valence-corrected chi connectivity index (χ4v) is 2.48. The van der Waals surface area contributed by atoms with Gasteiger partial charge in [-0.1, -0.05) is 46.4 Å². The Morgan fingerprint density at radius 3 is 1.91 bits per heavy atom. The zero-order valence-corrected chi connectivity index (χ0v) is 14.6. The van der Waals surface area contributed by atoms with E-state index in [1.165, 1.54) is 6.92 Å². The van der Waals surface area contributed by atoms with Crippen LogP contribution in [0.2, 0.25) is 20.2 Å². The number of rotatable bonds is 3. The lowest BCUT2D eigenvalue weighted by atomic mass is 10.2. The minimum absolute atomic E-state index is 0.0189. The van der Waals surface area contributed by atoms with Crippen LogP contribution in [0.5, 0.6) is 0 Å². The topological polar surface area (TPSA) is 71.1 Å². The van der Waals surface area contributed by atoms with Gasteiger partial charge in [-0.25, -0.2) is 4.98 Å². The Labute approximate surface area is 151 Å². The van der Waals surface area contributed by atoms with Crippen molar-refractivity contribution in [2.75, 3.05) is 10.6 Å². The second kappa shape index (κ2) is 7.36. The molecule has 0 aliphatic heterocycles. The van der Waals surface area contributed by atoms with Gasteiger partial charge < -0.3 is 10.6 Å². The molecule has 0 unspecified atom stereocenters. The molecule has 5 nitrogen and oxygen atoms in total. The highest BCUT2D eigenvalue weighted by Crippen LogP contribution is 2.36. The summed E-state index contributed by atoms with van der Waals surface area (Å²) in [6, 6.07) is 6.48. The number of amides is 2. The smallest absolute Gasteiger partial charge is 0.275 e. The predicted octanol–water partition coefficient (Wildman–Crippen LogP) is 4.91. The number of carbonyl (C=O) groups excluding carboxylic acids is 2. The molecule has 0 aliphatic carbocycles. The summed E-state index contributed by atoms with van der Waals surface area (Å²) in [6.07, 6.45) is 0. The summed E-state index contributed by atoms with van der Waals surface area (Å²) in [7, 11) is 0. The number of benzene rings is 1. The predicted molar refractivity (Wildman–Crippen MR) is 93.0 cm³/mol. The number of anilines is 2. The van der Waals surface area contributed by atoms with Crippen LogP contribution in [0.3, 0.4) is 0 Å². The van der Waals surface area contributed by atoms with E-state index in [2.05, 4.69) is 15.6 Å². The summed E-state index contributed by atoms with van der Waals surface area (Å²) >= 11 is 23.5. The molecule has 0 spiro atoms. The molecule has 2 N–H and O–H groups in total. The van der Waals surface area contributed by atoms with Crippen molar-refractivity contribution in [2.45, 2.75) is 6.92 Å². The Balaban J connectivity index is 2.21. The molecule has 23 heavy (non-hydrogen) atoms. The maximum absolute atomic E-state index is 12.2. The normalized spacial score (nSPS) is 10.3. The Morgan fingerprint density at radius 2 is 1.39 bits per heavy atom. The van der Waals surface area contributed by atoms with E-state index < -0.39 is 5.91 Å². The van der Waals surface area contributed by atoms with Gasteiger partial charge >= 0.3 is 0 Å². The van der Waals surface area contributed by atoms with E-state index in [-0.39, 0.29) is 31.8 Å². The van der Waals surface area contributed by atoms with Gasteiger partial charge in [-0.15, -0.1) is 0 Å². The molecule has 1 aromatic heterocycles. The van der Waals surface area contributed by atoms with Crippen LogP contribution in [0.1, 0.15) is 17.4 Å². The summed E-state index contributed by atoms with van der Waals surface area (Å²) in [5.41, 5.74) is 0.936. The molecular formula is C14H9Cl4N3O2. The maximum Gasteiger partial charge on any atom is 0.275 e. The lowest BCUT2D eigenvalue weighted by Gasteiger charge is -2.09. The molecule has 0 saturated carbocycles. The van der Waals surface area contributed by atoms with Crippen molar-refractivity contribution in [1.29, 1.82) is 0 Å². The van der Waals surface area contributed by atoms with E-state index in [1.54, 1.807) is 24.3 Å². The van der Waals surface area contributed by atoms with Crippen LogP contribution in [0.25, 0.3) is 0 Å². The molecule has 0 fully saturated rings. The van der Waals surface area contributed by atoms with E-state index in [0.29, 0.717) is 11.4 Å². The average molecular weight is 393 g/mol. The first-order chi connectivity index (χ1) is 10.8. The molecule has 2 aromatic rings. The molecule has 120 valence electrons. The minimum Gasteiger partial charge on any atom is -0.326 e. The Hall–Kier alpha value is -1.53. The van der Waals surface area contributed by atoms with Crippen LogP contribution in [0.15, 0.2) is 24.3 Å². The van der Waals surface area contributed by atoms with Crippen LogP contribution in [-0.2, 0) is 4.79 Å². The summed E-state index contributed by atoms with van der Waals surface area (Å²) in [5, 5.41) is 4.94. The van der Waals surface area contributed by atoms with Crippen LogP contribution in [-0.4, -0.2) is 16.8 Å². The van der Waals surface area contributed by atoms with Crippen molar-refractivity contribution >= 4 is 69.6 Å². The summed E-state index contributed by atoms with van der Waals surface area (Å²) in [4.78, 5) is 27.0. The minimum atomic E-state index is -0.595. The van der Waals surface area contributed by atoms with Gasteiger partial charge in [0.05, 0.1) is 15.1 Å². The summed E-state index contributed by atoms with van der Waals surface area (Å²) in [6.45, 7) is 1.40. The average Bonchev–Trinajstić information content (AvgIpc) is 2.50. The number of nitrogens with zero attached hydrogens (tertiary/aromatic N) is 1. The largest absolute Gasteiger partial charge is 0.326 e. The second-order valence-corrected chi connectivity index (χ2v) is 5.90. The van der Waals surface area contributed by atoms with Crippen LogP contribution in [0, 0.1) is 0 Å². The van der Waals surface area contributed by atoms with Crippen molar-refractivity contribution in [1.82, 2.24) is 4.98 Å². The first-order valence-electron chi connectivity index (χ1n) is 6.18. The third-order valence-electron chi connectivity index (χ3n) is 2.66. The monoisotopic (exact) mass is 391 g/mol. The Bertz CT molecular complexity index is 779. The molecule has 0 atom stereocenters. The number of pyridine rings is 1. The van der Waals surface area contributed by atoms with Crippen LogP contribution >= 0.6 is 46.4 Å². The lowest BCUT2D eigenvalue weighted by Crippen LogP contribution is -2.15. The molecule has 1 heterocycles. The number of hydrogen-bond donors (Lipinski definition) is 2. The molecule has 0 bridgehead atoms. The van der Waals surface area contributed by atoms with Gasteiger partial charge in [-0.2, -0.15) is 0 Å². The van der Waals surface area contributed by atoms with Gasteiger partial charge in [-0.05, 0) is 24.3 Å². The Morgan fingerprint density at radius 1 is 0.870 bits per heavy atom. The summed E-state index contributed by atoms with van der Waals surface area (Å²) in [5.74, 6) is -0.786. The van der Waals surface area contributed by atoms with Crippen molar-refractivity contribution in [2.24, 2.45) is 0 Å². The van der Waals surface area contributed by atoms with E-state index >= 15 is 0 Å². The summed E-state index contributed by atoms with van der Waals surface area (Å²) < 4.78 is 0. The van der Waals surface area contributed by atoms with Crippen LogP contribution in [0.4, 0.5) is 11.4 Å². The number of aromatic nitrogens is 1. The SMILES string of the molecule is CC(=O)Nc1ccc(NC(=O)c2nc(Cl)c(Cl)c(Cl)c2Cl)cc1. The van der Waals surface area contributed by atoms with E-state index in [0.717, 1.165) is 0 Å². The lowest BCUT2D eigenvalue weighted by molar-refractivity contribution is -0.114. The highest BCUT2D eigenvalue weighted by molar-refractivity contribution is 6.52. The van der Waals surface area contributed by atoms with Gasteiger partial charge in [0.15, 0.2) is 0 Å². The van der Waals surface area contributed by atoms with Gasteiger partial charge in [0.1, 0.15) is 10.8 Å². The third-order valence-corrected chi connectivity index (χ3v) is 4.34. The number of carbonyl (C=O) groups is 2. The van der Waals surface area contributed by atoms with Crippen molar-refractivity contribution < 1.29 is 9.59 Å². The molecule has 0 saturated heterocycles. The molecular weight excluding hydrogens is 384 g/mol. The van der Waals surface area contributed by atoms with Gasteiger partial charge in [0, 0.05) is 18.3 Å². The zero-order valence-electron chi connectivity index (χ0n) is 11.6. The molecule has 2 amide bonds. The van der Waals surface area contributed by atoms with Crippen LogP contribution < -0.4 is 10.6 Å². The fourth-order valence-electron chi connectivity index (χ4n) is 1.67. The zero-order chi connectivity index (χ0) is 17.1. The van der Waals surface area contributed by atoms with E-state index in [4.69, 9.17) is 46.4 Å². The number of nitrogens with one attached hydrogen (secondary N) is 2. The Kier molecular flexibility index (Phi) is 5.70. The van der Waals surface area contributed by atoms with Crippen molar-refractivity contribution in [3.05, 3.63) is 50.2 Å². The van der Waals surface area contributed by atoms with Crippen molar-refractivity contribution in [3.63, 3.8) is 0 Å². The van der Waals surface area contributed by atoms with Gasteiger partial charge in [0.25, 0.3) is 5.91 Å². The molecule has 1 aromatic carbocycles. The quantitative estimate of drug-likeness (QED) is 0.729. The molecule has 0 aliphatic rings. The molecule has 0 radical (unpaired) electrons. The van der Waals surface area contributed by atoms with Gasteiger partial charge in [0.2, 0.25) is 5.91 Å². The van der Waals surface area contributed by atoms with Crippen molar-refractivity contribution in [3.8, 4) is 0 Å². The highest BCUT2D eigenvalue weighted by atomic mass is 35.5. The first-order valence-corrected chi connectivity index (χ1v) is 7.69. The standard InChI is InChI=1S/C14H9Cl4N3O2/c1-6(22)19-7-2-4-8(5-3-7)20-14(23)12-10(16)9(15)11(17)13(18)21-12/h2-5H,1H3,(H,19,22)(H,20,23). The fraction of sp³-hybridized carbons (Fsp3) is 0.0714. The first kappa shape index (κ1) is 17.8. The molecule has 9 heteroatoms. The van der Waals surface area contributed by atoms with E-state index in [9.17, 15) is 9.59 Å². The van der Waals surface area contributed by atoms with Gasteiger partial charge in [-0.3, -0.25) is 9.59 Å². The maximum atomic E-state index is 12.2. The third kappa shape index (κ3) is 4.26. The highest BCUT2D eigenvalue weighted by Gasteiger charge is 2.20. The second-order valence-electron chi connectivity index (χ2n) is 4.41. The number of halogens is 4. The molecule has 2 rings (SSSR count). The van der Waals surface area contributed by atoms with E-state index in [1.807, 2.05) is 0 Å².